The van der Waals surface area contributed by atoms with Crippen molar-refractivity contribution in [3.63, 3.8) is 0 Å². The second-order valence-electron chi connectivity index (χ2n) is 5.86. The van der Waals surface area contributed by atoms with E-state index >= 15 is 0 Å². The highest BCUT2D eigenvalue weighted by atomic mass is 79.9. The van der Waals surface area contributed by atoms with Crippen LogP contribution in [0.2, 0.25) is 0 Å². The summed E-state index contributed by atoms with van der Waals surface area (Å²) in [5.74, 6) is 0.0365. The minimum atomic E-state index is -0.792. The monoisotopic (exact) mass is 354 g/mol. The van der Waals surface area contributed by atoms with Crippen LogP contribution in [0.15, 0.2) is 28.7 Å². The lowest BCUT2D eigenvalue weighted by molar-refractivity contribution is -0.139. The Labute approximate surface area is 137 Å². The Hall–Kier alpha value is -0.870. The van der Waals surface area contributed by atoms with Gasteiger partial charge < -0.3 is 10.6 Å². The number of rotatable bonds is 7. The number of benzene rings is 1. The van der Waals surface area contributed by atoms with E-state index in [0.29, 0.717) is 6.42 Å². The van der Waals surface area contributed by atoms with Gasteiger partial charge in [-0.2, -0.15) is 0 Å². The molecule has 0 aliphatic carbocycles. The van der Waals surface area contributed by atoms with Gasteiger partial charge in [-0.15, -0.1) is 0 Å². The third-order valence-corrected chi connectivity index (χ3v) is 4.53. The van der Waals surface area contributed by atoms with Gasteiger partial charge in [0.15, 0.2) is 0 Å². The fraction of sp³-hybridized carbons (Fsp3) is 0.588. The number of carbonyl (C=O) groups is 1. The summed E-state index contributed by atoms with van der Waals surface area (Å²) in [6, 6.07) is 8.05. The predicted molar refractivity (Wildman–Crippen MR) is 92.1 cm³/mol. The Morgan fingerprint density at radius 2 is 1.95 bits per heavy atom. The minimum absolute atomic E-state index is 0.00718. The van der Waals surface area contributed by atoms with Crippen molar-refractivity contribution in [2.45, 2.75) is 58.5 Å². The van der Waals surface area contributed by atoms with Crippen molar-refractivity contribution in [3.05, 3.63) is 34.3 Å². The van der Waals surface area contributed by atoms with E-state index in [-0.39, 0.29) is 11.9 Å². The quantitative estimate of drug-likeness (QED) is 0.794. The van der Waals surface area contributed by atoms with E-state index in [0.717, 1.165) is 29.4 Å². The molecule has 118 valence electrons. The Bertz CT molecular complexity index is 474. The fourth-order valence-corrected chi connectivity index (χ4v) is 3.26. The van der Waals surface area contributed by atoms with E-state index in [4.69, 9.17) is 5.73 Å². The maximum atomic E-state index is 12.9. The van der Waals surface area contributed by atoms with Crippen LogP contribution in [0.5, 0.6) is 0 Å². The van der Waals surface area contributed by atoms with Gasteiger partial charge in [0.05, 0.1) is 11.6 Å². The first-order chi connectivity index (χ1) is 9.85. The van der Waals surface area contributed by atoms with Crippen molar-refractivity contribution in [3.8, 4) is 0 Å². The maximum Gasteiger partial charge on any atom is 0.242 e. The molecule has 0 aliphatic rings. The van der Waals surface area contributed by atoms with Crippen LogP contribution in [-0.4, -0.2) is 22.9 Å². The van der Waals surface area contributed by atoms with E-state index < -0.39 is 5.54 Å². The van der Waals surface area contributed by atoms with E-state index in [1.54, 1.807) is 0 Å². The molecule has 2 atom stereocenters. The second-order valence-corrected chi connectivity index (χ2v) is 6.72. The van der Waals surface area contributed by atoms with Gasteiger partial charge in [0, 0.05) is 11.0 Å². The Morgan fingerprint density at radius 1 is 1.33 bits per heavy atom. The van der Waals surface area contributed by atoms with Gasteiger partial charge in [-0.3, -0.25) is 4.79 Å². The highest BCUT2D eigenvalue weighted by Crippen LogP contribution is 2.29. The highest BCUT2D eigenvalue weighted by molar-refractivity contribution is 9.10. The Morgan fingerprint density at radius 3 is 2.48 bits per heavy atom. The van der Waals surface area contributed by atoms with Gasteiger partial charge in [-0.05, 0) is 38.3 Å². The Kier molecular flexibility index (Phi) is 6.88. The molecule has 1 aromatic rings. The van der Waals surface area contributed by atoms with E-state index in [1.807, 2.05) is 30.0 Å². The van der Waals surface area contributed by atoms with Gasteiger partial charge in [0.1, 0.15) is 0 Å². The van der Waals surface area contributed by atoms with Crippen LogP contribution in [0.25, 0.3) is 0 Å². The van der Waals surface area contributed by atoms with Crippen LogP contribution in [0.3, 0.4) is 0 Å². The number of halogens is 1. The molecule has 1 rings (SSSR count). The molecule has 0 spiro atoms. The predicted octanol–water partition coefficient (Wildman–Crippen LogP) is 4.27. The summed E-state index contributed by atoms with van der Waals surface area (Å²) in [5, 5.41) is 0. The number of carbonyl (C=O) groups excluding carboxylic acids is 1. The van der Waals surface area contributed by atoms with Gasteiger partial charge in [-0.1, -0.05) is 54.4 Å². The summed E-state index contributed by atoms with van der Waals surface area (Å²) in [7, 11) is 0. The number of nitrogens with zero attached hydrogens (tertiary/aromatic N) is 1. The van der Waals surface area contributed by atoms with Crippen LogP contribution >= 0.6 is 15.9 Å². The topological polar surface area (TPSA) is 46.3 Å². The van der Waals surface area contributed by atoms with Crippen molar-refractivity contribution < 1.29 is 4.79 Å². The first-order valence-electron chi connectivity index (χ1n) is 7.69. The smallest absolute Gasteiger partial charge is 0.242 e. The largest absolute Gasteiger partial charge is 0.334 e. The van der Waals surface area contributed by atoms with E-state index in [9.17, 15) is 4.79 Å². The Balaban J connectivity index is 3.06. The van der Waals surface area contributed by atoms with Gasteiger partial charge in [-0.25, -0.2) is 0 Å². The molecule has 0 aromatic heterocycles. The molecule has 0 heterocycles. The first kappa shape index (κ1) is 18.2. The summed E-state index contributed by atoms with van der Waals surface area (Å²) in [4.78, 5) is 14.8. The van der Waals surface area contributed by atoms with Crippen molar-refractivity contribution in [2.24, 2.45) is 5.73 Å². The summed E-state index contributed by atoms with van der Waals surface area (Å²) >= 11 is 3.58. The number of nitrogens with two attached hydrogens (primary N) is 1. The lowest BCUT2D eigenvalue weighted by Crippen LogP contribution is -2.54. The van der Waals surface area contributed by atoms with E-state index in [2.05, 4.69) is 42.8 Å². The number of hydrogen-bond donors (Lipinski definition) is 1. The molecule has 21 heavy (non-hydrogen) atoms. The molecule has 0 radical (unpaired) electrons. The van der Waals surface area contributed by atoms with Crippen molar-refractivity contribution in [1.29, 1.82) is 0 Å². The molecule has 4 heteroatoms. The summed E-state index contributed by atoms with van der Waals surface area (Å²) in [5.41, 5.74) is 6.58. The molecule has 1 amide bonds. The molecular formula is C17H27BrN2O. The number of hydrogen-bond acceptors (Lipinski definition) is 2. The normalized spacial score (nSPS) is 15.3. The summed E-state index contributed by atoms with van der Waals surface area (Å²) < 4.78 is 1.03. The third-order valence-electron chi connectivity index (χ3n) is 3.81. The SMILES string of the molecule is CCCN(C(=O)C(C)(N)CCC)C(C)c1ccccc1Br. The van der Waals surface area contributed by atoms with Crippen molar-refractivity contribution >= 4 is 21.8 Å². The van der Waals surface area contributed by atoms with Crippen molar-refractivity contribution in [2.75, 3.05) is 6.54 Å². The number of amides is 1. The molecule has 0 saturated carbocycles. The summed E-state index contributed by atoms with van der Waals surface area (Å²) in [6.45, 7) is 8.77. The van der Waals surface area contributed by atoms with Crippen LogP contribution < -0.4 is 5.73 Å². The molecule has 1 aromatic carbocycles. The molecule has 2 N–H and O–H groups in total. The van der Waals surface area contributed by atoms with Gasteiger partial charge in [0.25, 0.3) is 0 Å². The van der Waals surface area contributed by atoms with Crippen LogP contribution in [0, 0.1) is 0 Å². The average Bonchev–Trinajstić information content (AvgIpc) is 2.44. The van der Waals surface area contributed by atoms with Crippen LogP contribution in [0.1, 0.15) is 58.6 Å². The molecule has 2 unspecified atom stereocenters. The first-order valence-corrected chi connectivity index (χ1v) is 8.48. The van der Waals surface area contributed by atoms with Crippen LogP contribution in [0.4, 0.5) is 0 Å². The lowest BCUT2D eigenvalue weighted by Gasteiger charge is -2.36. The molecular weight excluding hydrogens is 328 g/mol. The second kappa shape index (κ2) is 7.95. The molecule has 0 saturated heterocycles. The zero-order valence-electron chi connectivity index (χ0n) is 13.5. The third kappa shape index (κ3) is 4.55. The van der Waals surface area contributed by atoms with Crippen molar-refractivity contribution in [1.82, 2.24) is 4.90 Å². The highest BCUT2D eigenvalue weighted by Gasteiger charge is 2.34. The van der Waals surface area contributed by atoms with Gasteiger partial charge in [0.2, 0.25) is 5.91 Å². The van der Waals surface area contributed by atoms with Crippen LogP contribution in [-0.2, 0) is 4.79 Å². The molecule has 0 aliphatic heterocycles. The average molecular weight is 355 g/mol. The molecule has 0 fully saturated rings. The fourth-order valence-electron chi connectivity index (χ4n) is 2.65. The zero-order chi connectivity index (χ0) is 16.0. The lowest BCUT2D eigenvalue weighted by atomic mass is 9.94. The van der Waals surface area contributed by atoms with E-state index in [1.165, 1.54) is 0 Å². The minimum Gasteiger partial charge on any atom is -0.334 e. The maximum absolute atomic E-state index is 12.9. The standard InChI is InChI=1S/C17H27BrN2O/c1-5-11-17(4,19)16(21)20(12-6-2)13(3)14-9-7-8-10-15(14)18/h7-10,13H,5-6,11-12,19H2,1-4H3. The molecule has 3 nitrogen and oxygen atoms in total. The zero-order valence-corrected chi connectivity index (χ0v) is 15.1. The van der Waals surface area contributed by atoms with Gasteiger partial charge >= 0.3 is 0 Å². The summed E-state index contributed by atoms with van der Waals surface area (Å²) in [6.07, 6.45) is 2.53. The molecule has 0 bridgehead atoms.